The Balaban J connectivity index is 2.74. The van der Waals surface area contributed by atoms with Crippen molar-refractivity contribution in [3.05, 3.63) is 11.4 Å². The molecule has 0 saturated heterocycles. The van der Waals surface area contributed by atoms with Crippen LogP contribution >= 0.6 is 0 Å². The van der Waals surface area contributed by atoms with Crippen LogP contribution in [0.5, 0.6) is 0 Å². The molecule has 1 rings (SSSR count). The number of carbonyl (C=O) groups is 2. The topological polar surface area (TPSA) is 86.1 Å². The van der Waals surface area contributed by atoms with E-state index in [1.165, 1.54) is 4.68 Å². The molecule has 0 aliphatic rings. The van der Waals surface area contributed by atoms with Crippen LogP contribution in [-0.2, 0) is 16.1 Å². The third-order valence-corrected chi connectivity index (χ3v) is 2.19. The van der Waals surface area contributed by atoms with Crippen molar-refractivity contribution in [1.82, 2.24) is 20.3 Å². The van der Waals surface area contributed by atoms with E-state index in [0.717, 1.165) is 0 Å². The first-order chi connectivity index (χ1) is 8.45. The Labute approximate surface area is 105 Å². The molecule has 1 aromatic heterocycles. The minimum atomic E-state index is -0.523. The first-order valence-electron chi connectivity index (χ1n) is 5.82. The minimum Gasteiger partial charge on any atom is -0.461 e. The normalized spacial score (nSPS) is 10.5. The van der Waals surface area contributed by atoms with E-state index in [9.17, 15) is 9.59 Å². The maximum atomic E-state index is 11.6. The highest BCUT2D eigenvalue weighted by Crippen LogP contribution is 2.05. The van der Waals surface area contributed by atoms with E-state index >= 15 is 0 Å². The van der Waals surface area contributed by atoms with E-state index in [4.69, 9.17) is 4.74 Å². The Kier molecular flexibility index (Phi) is 4.82. The standard InChI is InChI=1S/C11H18N4O3/c1-5-18-11(17)10-8(4)15(14-13-10)6-9(16)12-7(2)3/h7H,5-6H2,1-4H3,(H,12,16). The zero-order chi connectivity index (χ0) is 13.7. The fraction of sp³-hybridized carbons (Fsp3) is 0.636. The molecule has 0 spiro atoms. The van der Waals surface area contributed by atoms with Crippen molar-refractivity contribution >= 4 is 11.9 Å². The molecule has 1 aromatic rings. The van der Waals surface area contributed by atoms with Gasteiger partial charge in [-0.25, -0.2) is 9.48 Å². The highest BCUT2D eigenvalue weighted by Gasteiger charge is 2.18. The van der Waals surface area contributed by atoms with Crippen LogP contribution in [0.25, 0.3) is 0 Å². The number of nitrogens with zero attached hydrogens (tertiary/aromatic N) is 3. The Morgan fingerprint density at radius 1 is 1.44 bits per heavy atom. The summed E-state index contributed by atoms with van der Waals surface area (Å²) in [4.78, 5) is 23.1. The van der Waals surface area contributed by atoms with E-state index in [2.05, 4.69) is 15.6 Å². The van der Waals surface area contributed by atoms with Crippen LogP contribution in [0, 0.1) is 6.92 Å². The number of amides is 1. The summed E-state index contributed by atoms with van der Waals surface area (Å²) < 4.78 is 6.22. The van der Waals surface area contributed by atoms with Crippen LogP contribution < -0.4 is 5.32 Å². The van der Waals surface area contributed by atoms with Crippen molar-refractivity contribution in [2.24, 2.45) is 0 Å². The zero-order valence-corrected chi connectivity index (χ0v) is 11.1. The van der Waals surface area contributed by atoms with E-state index in [0.29, 0.717) is 5.69 Å². The van der Waals surface area contributed by atoms with Crippen LogP contribution in [-0.4, -0.2) is 39.5 Å². The molecular formula is C11H18N4O3. The number of nitrogens with one attached hydrogen (secondary N) is 1. The summed E-state index contributed by atoms with van der Waals surface area (Å²) in [5, 5.41) is 10.2. The van der Waals surface area contributed by atoms with E-state index in [1.54, 1.807) is 13.8 Å². The molecule has 100 valence electrons. The summed E-state index contributed by atoms with van der Waals surface area (Å²) in [7, 11) is 0. The van der Waals surface area contributed by atoms with Gasteiger partial charge >= 0.3 is 5.97 Å². The van der Waals surface area contributed by atoms with Crippen LogP contribution in [0.1, 0.15) is 37.0 Å². The summed E-state index contributed by atoms with van der Waals surface area (Å²) in [6.07, 6.45) is 0. The number of hydrogen-bond acceptors (Lipinski definition) is 5. The van der Waals surface area contributed by atoms with Gasteiger partial charge in [0.1, 0.15) is 6.54 Å². The molecule has 7 nitrogen and oxygen atoms in total. The fourth-order valence-electron chi connectivity index (χ4n) is 1.40. The van der Waals surface area contributed by atoms with Crippen molar-refractivity contribution in [2.75, 3.05) is 6.61 Å². The molecule has 0 saturated carbocycles. The molecule has 0 aromatic carbocycles. The summed E-state index contributed by atoms with van der Waals surface area (Å²) in [6.45, 7) is 7.45. The van der Waals surface area contributed by atoms with Gasteiger partial charge in [0.05, 0.1) is 12.3 Å². The number of esters is 1. The molecule has 0 aliphatic heterocycles. The number of ether oxygens (including phenoxy) is 1. The lowest BCUT2D eigenvalue weighted by molar-refractivity contribution is -0.122. The molecule has 0 atom stereocenters. The van der Waals surface area contributed by atoms with Gasteiger partial charge in [-0.15, -0.1) is 5.10 Å². The van der Waals surface area contributed by atoms with Crippen molar-refractivity contribution in [2.45, 2.75) is 40.3 Å². The molecule has 7 heteroatoms. The number of rotatable bonds is 5. The second kappa shape index (κ2) is 6.13. The van der Waals surface area contributed by atoms with Crippen molar-refractivity contribution in [3.8, 4) is 0 Å². The van der Waals surface area contributed by atoms with Gasteiger partial charge in [-0.1, -0.05) is 5.21 Å². The molecule has 0 unspecified atom stereocenters. The van der Waals surface area contributed by atoms with Gasteiger partial charge in [0, 0.05) is 6.04 Å². The first kappa shape index (κ1) is 14.1. The van der Waals surface area contributed by atoms with Gasteiger partial charge < -0.3 is 10.1 Å². The molecule has 1 N–H and O–H groups in total. The average molecular weight is 254 g/mol. The van der Waals surface area contributed by atoms with Crippen molar-refractivity contribution in [3.63, 3.8) is 0 Å². The van der Waals surface area contributed by atoms with Gasteiger partial charge in [0.15, 0.2) is 5.69 Å². The Bertz CT molecular complexity index is 439. The SMILES string of the molecule is CCOC(=O)c1nnn(CC(=O)NC(C)C)c1C. The zero-order valence-electron chi connectivity index (χ0n) is 11.1. The lowest BCUT2D eigenvalue weighted by Gasteiger charge is -2.08. The van der Waals surface area contributed by atoms with Crippen LogP contribution in [0.15, 0.2) is 0 Å². The molecule has 0 radical (unpaired) electrons. The van der Waals surface area contributed by atoms with Crippen LogP contribution in [0.2, 0.25) is 0 Å². The third-order valence-electron chi connectivity index (χ3n) is 2.19. The van der Waals surface area contributed by atoms with Crippen molar-refractivity contribution in [1.29, 1.82) is 0 Å². The number of aromatic nitrogens is 3. The molecular weight excluding hydrogens is 236 g/mol. The smallest absolute Gasteiger partial charge is 0.360 e. The first-order valence-corrected chi connectivity index (χ1v) is 5.82. The maximum absolute atomic E-state index is 11.6. The third kappa shape index (κ3) is 3.54. The predicted octanol–water partition coefficient (Wildman–Crippen LogP) is 0.288. The molecule has 1 heterocycles. The highest BCUT2D eigenvalue weighted by atomic mass is 16.5. The van der Waals surface area contributed by atoms with Crippen LogP contribution in [0.4, 0.5) is 0 Å². The summed E-state index contributed by atoms with van der Waals surface area (Å²) in [6, 6.07) is 0.0610. The van der Waals surface area contributed by atoms with Crippen LogP contribution in [0.3, 0.4) is 0 Å². The fourth-order valence-corrected chi connectivity index (χ4v) is 1.40. The van der Waals surface area contributed by atoms with E-state index in [-0.39, 0.29) is 30.8 Å². The number of carbonyl (C=O) groups excluding carboxylic acids is 2. The van der Waals surface area contributed by atoms with Gasteiger partial charge in [0.2, 0.25) is 5.91 Å². The largest absolute Gasteiger partial charge is 0.461 e. The average Bonchev–Trinajstić information content (AvgIpc) is 2.59. The summed E-state index contributed by atoms with van der Waals surface area (Å²) >= 11 is 0. The van der Waals surface area contributed by atoms with E-state index < -0.39 is 5.97 Å². The van der Waals surface area contributed by atoms with Gasteiger partial charge in [-0.3, -0.25) is 4.79 Å². The second-order valence-corrected chi connectivity index (χ2v) is 4.12. The molecule has 0 fully saturated rings. The summed E-state index contributed by atoms with van der Waals surface area (Å²) in [5.41, 5.74) is 0.668. The maximum Gasteiger partial charge on any atom is 0.360 e. The summed E-state index contributed by atoms with van der Waals surface area (Å²) in [5.74, 6) is -0.695. The molecule has 1 amide bonds. The van der Waals surface area contributed by atoms with Gasteiger partial charge in [0.25, 0.3) is 0 Å². The van der Waals surface area contributed by atoms with Gasteiger partial charge in [-0.2, -0.15) is 0 Å². The molecule has 18 heavy (non-hydrogen) atoms. The molecule has 0 aliphatic carbocycles. The van der Waals surface area contributed by atoms with E-state index in [1.807, 2.05) is 13.8 Å². The van der Waals surface area contributed by atoms with Gasteiger partial charge in [-0.05, 0) is 27.7 Å². The Hall–Kier alpha value is -1.92. The number of hydrogen-bond donors (Lipinski definition) is 1. The monoisotopic (exact) mass is 254 g/mol. The molecule has 0 bridgehead atoms. The lowest BCUT2D eigenvalue weighted by Crippen LogP contribution is -2.33. The quantitative estimate of drug-likeness (QED) is 0.763. The second-order valence-electron chi connectivity index (χ2n) is 4.12. The predicted molar refractivity (Wildman–Crippen MR) is 64.0 cm³/mol. The van der Waals surface area contributed by atoms with Crippen molar-refractivity contribution < 1.29 is 14.3 Å². The Morgan fingerprint density at radius 3 is 2.67 bits per heavy atom. The minimum absolute atomic E-state index is 0.0381. The highest BCUT2D eigenvalue weighted by molar-refractivity contribution is 5.88. The Morgan fingerprint density at radius 2 is 2.11 bits per heavy atom. The lowest BCUT2D eigenvalue weighted by atomic mass is 10.3.